The maximum Gasteiger partial charge on any atom is 0.337 e. The largest absolute Gasteiger partial charge is 0.482 e. The minimum Gasteiger partial charge on any atom is -0.482 e. The van der Waals surface area contributed by atoms with E-state index in [1.807, 2.05) is 0 Å². The number of carbonyl (C=O) groups excluding carboxylic acids is 2. The smallest absolute Gasteiger partial charge is 0.337 e. The molecule has 0 radical (unpaired) electrons. The molecule has 2 amide bonds. The van der Waals surface area contributed by atoms with Gasteiger partial charge in [-0.3, -0.25) is 9.59 Å². The molecular formula is C22H17ClN2O5. The highest BCUT2D eigenvalue weighted by Gasteiger charge is 2.13. The molecule has 0 saturated heterocycles. The van der Waals surface area contributed by atoms with Crippen molar-refractivity contribution >= 4 is 40.8 Å². The van der Waals surface area contributed by atoms with Gasteiger partial charge in [0, 0.05) is 11.3 Å². The van der Waals surface area contributed by atoms with Gasteiger partial charge in [-0.2, -0.15) is 0 Å². The fourth-order valence-electron chi connectivity index (χ4n) is 2.58. The molecule has 3 rings (SSSR count). The Kier molecular flexibility index (Phi) is 6.67. The molecule has 0 aromatic heterocycles. The molecule has 8 heteroatoms. The van der Waals surface area contributed by atoms with Crippen molar-refractivity contribution in [2.24, 2.45) is 0 Å². The zero-order valence-corrected chi connectivity index (χ0v) is 16.3. The lowest BCUT2D eigenvalue weighted by atomic mass is 10.1. The molecule has 30 heavy (non-hydrogen) atoms. The molecular weight excluding hydrogens is 408 g/mol. The van der Waals surface area contributed by atoms with Crippen molar-refractivity contribution in [1.29, 1.82) is 0 Å². The highest BCUT2D eigenvalue weighted by Crippen LogP contribution is 2.23. The first-order chi connectivity index (χ1) is 14.4. The Hall–Kier alpha value is -3.84. The van der Waals surface area contributed by atoms with Crippen LogP contribution in [0.2, 0.25) is 5.02 Å². The quantitative estimate of drug-likeness (QED) is 0.524. The van der Waals surface area contributed by atoms with Crippen molar-refractivity contribution in [1.82, 2.24) is 0 Å². The van der Waals surface area contributed by atoms with Crippen molar-refractivity contribution in [2.45, 2.75) is 0 Å². The fraction of sp³-hybridized carbons (Fsp3) is 0.0455. The first-order valence-corrected chi connectivity index (χ1v) is 9.23. The van der Waals surface area contributed by atoms with Crippen LogP contribution in [0.1, 0.15) is 20.7 Å². The number of carboxylic acid groups (broad SMARTS) is 1. The number of amides is 2. The van der Waals surface area contributed by atoms with Crippen LogP contribution in [0.5, 0.6) is 5.75 Å². The van der Waals surface area contributed by atoms with Gasteiger partial charge in [0.25, 0.3) is 11.8 Å². The van der Waals surface area contributed by atoms with E-state index in [2.05, 4.69) is 10.6 Å². The van der Waals surface area contributed by atoms with Crippen LogP contribution in [0.4, 0.5) is 11.4 Å². The van der Waals surface area contributed by atoms with Crippen LogP contribution in [0.25, 0.3) is 0 Å². The van der Waals surface area contributed by atoms with Crippen molar-refractivity contribution < 1.29 is 24.2 Å². The van der Waals surface area contributed by atoms with E-state index in [1.54, 1.807) is 48.5 Å². The van der Waals surface area contributed by atoms with Crippen molar-refractivity contribution in [3.63, 3.8) is 0 Å². The van der Waals surface area contributed by atoms with E-state index in [9.17, 15) is 19.5 Å². The van der Waals surface area contributed by atoms with Gasteiger partial charge < -0.3 is 20.5 Å². The van der Waals surface area contributed by atoms with Gasteiger partial charge in [-0.25, -0.2) is 4.79 Å². The molecule has 0 aliphatic carbocycles. The van der Waals surface area contributed by atoms with E-state index in [-0.39, 0.29) is 23.8 Å². The Balaban J connectivity index is 1.58. The standard InChI is InChI=1S/C22H17ClN2O5/c23-17-6-2-4-8-19(17)30-13-20(26)24-15-11-9-14(10-12-15)21(27)25-18-7-3-1-5-16(18)22(28)29/h1-12H,13H2,(H,24,26)(H,25,27)(H,28,29). The number of anilines is 2. The van der Waals surface area contributed by atoms with E-state index < -0.39 is 11.9 Å². The van der Waals surface area contributed by atoms with Gasteiger partial charge in [-0.15, -0.1) is 0 Å². The molecule has 0 saturated carbocycles. The van der Waals surface area contributed by atoms with E-state index in [0.29, 0.717) is 22.0 Å². The summed E-state index contributed by atoms with van der Waals surface area (Å²) < 4.78 is 5.37. The topological polar surface area (TPSA) is 105 Å². The number of carboxylic acids is 1. The number of carbonyl (C=O) groups is 3. The minimum absolute atomic E-state index is 0.00625. The van der Waals surface area contributed by atoms with Gasteiger partial charge in [0.1, 0.15) is 5.75 Å². The summed E-state index contributed by atoms with van der Waals surface area (Å²) in [7, 11) is 0. The Morgan fingerprint density at radius 3 is 2.23 bits per heavy atom. The summed E-state index contributed by atoms with van der Waals surface area (Å²) in [6.07, 6.45) is 0. The monoisotopic (exact) mass is 424 g/mol. The molecule has 0 bridgehead atoms. The molecule has 3 N–H and O–H groups in total. The van der Waals surface area contributed by atoms with E-state index in [1.165, 1.54) is 24.3 Å². The van der Waals surface area contributed by atoms with E-state index in [4.69, 9.17) is 16.3 Å². The Morgan fingerprint density at radius 1 is 0.867 bits per heavy atom. The van der Waals surface area contributed by atoms with Crippen LogP contribution in [0, 0.1) is 0 Å². The predicted molar refractivity (Wildman–Crippen MR) is 113 cm³/mol. The Labute approximate surface area is 177 Å². The van der Waals surface area contributed by atoms with Gasteiger partial charge >= 0.3 is 5.97 Å². The fourth-order valence-corrected chi connectivity index (χ4v) is 2.77. The molecule has 3 aromatic carbocycles. The number of aromatic carboxylic acids is 1. The first-order valence-electron chi connectivity index (χ1n) is 8.85. The molecule has 0 atom stereocenters. The number of halogens is 1. The molecule has 0 aliphatic heterocycles. The van der Waals surface area contributed by atoms with Crippen molar-refractivity contribution in [3.8, 4) is 5.75 Å². The lowest BCUT2D eigenvalue weighted by Crippen LogP contribution is -2.20. The molecule has 0 aliphatic rings. The normalized spacial score (nSPS) is 10.2. The van der Waals surface area contributed by atoms with Gasteiger partial charge in [-0.05, 0) is 48.5 Å². The van der Waals surface area contributed by atoms with Gasteiger partial charge in [-0.1, -0.05) is 35.9 Å². The van der Waals surface area contributed by atoms with E-state index >= 15 is 0 Å². The van der Waals surface area contributed by atoms with Crippen LogP contribution in [-0.2, 0) is 4.79 Å². The van der Waals surface area contributed by atoms with Crippen LogP contribution >= 0.6 is 11.6 Å². The summed E-state index contributed by atoms with van der Waals surface area (Å²) in [4.78, 5) is 35.7. The number of ether oxygens (including phenoxy) is 1. The van der Waals surface area contributed by atoms with Gasteiger partial charge in [0.05, 0.1) is 16.3 Å². The van der Waals surface area contributed by atoms with Crippen LogP contribution in [0.15, 0.2) is 72.8 Å². The summed E-state index contributed by atoms with van der Waals surface area (Å²) in [6, 6.07) is 19.1. The lowest BCUT2D eigenvalue weighted by Gasteiger charge is -2.10. The average molecular weight is 425 g/mol. The number of para-hydroxylation sites is 2. The number of nitrogens with one attached hydrogen (secondary N) is 2. The highest BCUT2D eigenvalue weighted by atomic mass is 35.5. The molecule has 3 aromatic rings. The third kappa shape index (κ3) is 5.36. The third-order valence-corrected chi connectivity index (χ3v) is 4.34. The Morgan fingerprint density at radius 2 is 1.53 bits per heavy atom. The second-order valence-corrected chi connectivity index (χ2v) is 6.56. The van der Waals surface area contributed by atoms with Crippen LogP contribution < -0.4 is 15.4 Å². The molecule has 152 valence electrons. The summed E-state index contributed by atoms with van der Waals surface area (Å²) >= 11 is 5.97. The molecule has 0 fully saturated rings. The first kappa shape index (κ1) is 20.9. The second kappa shape index (κ2) is 9.58. The van der Waals surface area contributed by atoms with Gasteiger partial charge in [0.2, 0.25) is 0 Å². The van der Waals surface area contributed by atoms with Crippen LogP contribution in [-0.4, -0.2) is 29.5 Å². The SMILES string of the molecule is O=C(COc1ccccc1Cl)Nc1ccc(C(=O)Nc2ccccc2C(=O)O)cc1. The highest BCUT2D eigenvalue weighted by molar-refractivity contribution is 6.32. The predicted octanol–water partition coefficient (Wildman–Crippen LogP) is 4.31. The number of benzene rings is 3. The lowest BCUT2D eigenvalue weighted by molar-refractivity contribution is -0.118. The van der Waals surface area contributed by atoms with Crippen LogP contribution in [0.3, 0.4) is 0 Å². The Bertz CT molecular complexity index is 1080. The van der Waals surface area contributed by atoms with E-state index in [0.717, 1.165) is 0 Å². The second-order valence-electron chi connectivity index (χ2n) is 6.15. The maximum absolute atomic E-state index is 12.4. The molecule has 0 spiro atoms. The summed E-state index contributed by atoms with van der Waals surface area (Å²) in [6.45, 7) is -0.224. The number of rotatable bonds is 7. The molecule has 0 heterocycles. The number of hydrogen-bond donors (Lipinski definition) is 3. The maximum atomic E-state index is 12.4. The number of hydrogen-bond acceptors (Lipinski definition) is 4. The average Bonchev–Trinajstić information content (AvgIpc) is 2.74. The van der Waals surface area contributed by atoms with Gasteiger partial charge in [0.15, 0.2) is 6.61 Å². The molecule has 7 nitrogen and oxygen atoms in total. The molecule has 0 unspecified atom stereocenters. The van der Waals surface area contributed by atoms with Crippen molar-refractivity contribution in [2.75, 3.05) is 17.2 Å². The summed E-state index contributed by atoms with van der Waals surface area (Å²) in [5, 5.41) is 14.8. The summed E-state index contributed by atoms with van der Waals surface area (Å²) in [5.41, 5.74) is 0.975. The third-order valence-electron chi connectivity index (χ3n) is 4.03. The zero-order chi connectivity index (χ0) is 21.5. The summed E-state index contributed by atoms with van der Waals surface area (Å²) in [5.74, 6) is -1.59. The minimum atomic E-state index is -1.14. The zero-order valence-electron chi connectivity index (χ0n) is 15.6. The van der Waals surface area contributed by atoms with Crippen molar-refractivity contribution in [3.05, 3.63) is 88.9 Å².